The van der Waals surface area contributed by atoms with Crippen molar-refractivity contribution in [1.29, 1.82) is 0 Å². The topological polar surface area (TPSA) is 114 Å². The standard InChI is InChI=1S/C19H15N5O3/c25-16(10-15-13-8-4-5-9-14(13)19(26)23-22-15)20-11-17-21-18(24-27-17)12-6-2-1-3-7-12/h1-9H,10-11H2,(H,20,25)(H,23,26). The summed E-state index contributed by atoms with van der Waals surface area (Å²) in [6.07, 6.45) is 0.0248. The Hall–Kier alpha value is -3.81. The van der Waals surface area contributed by atoms with Gasteiger partial charge in [-0.2, -0.15) is 10.1 Å². The van der Waals surface area contributed by atoms with E-state index in [4.69, 9.17) is 4.52 Å². The van der Waals surface area contributed by atoms with Crippen LogP contribution in [0.1, 0.15) is 11.6 Å². The van der Waals surface area contributed by atoms with Crippen molar-refractivity contribution in [3.63, 3.8) is 0 Å². The van der Waals surface area contributed by atoms with Crippen molar-refractivity contribution in [3.8, 4) is 11.4 Å². The number of hydrogen-bond donors (Lipinski definition) is 2. The molecule has 0 aliphatic carbocycles. The molecule has 0 fully saturated rings. The van der Waals surface area contributed by atoms with Gasteiger partial charge in [-0.3, -0.25) is 9.59 Å². The minimum absolute atomic E-state index is 0.0248. The maximum absolute atomic E-state index is 12.3. The summed E-state index contributed by atoms with van der Waals surface area (Å²) in [6, 6.07) is 16.4. The minimum Gasteiger partial charge on any atom is -0.347 e. The Morgan fingerprint density at radius 3 is 2.59 bits per heavy atom. The second-order valence-corrected chi connectivity index (χ2v) is 5.88. The van der Waals surface area contributed by atoms with Crippen molar-refractivity contribution in [2.45, 2.75) is 13.0 Å². The lowest BCUT2D eigenvalue weighted by molar-refractivity contribution is -0.120. The zero-order valence-electron chi connectivity index (χ0n) is 14.2. The molecular weight excluding hydrogens is 346 g/mol. The molecule has 2 aromatic carbocycles. The first kappa shape index (κ1) is 16.6. The summed E-state index contributed by atoms with van der Waals surface area (Å²) in [4.78, 5) is 28.3. The average molecular weight is 361 g/mol. The van der Waals surface area contributed by atoms with Gasteiger partial charge in [0.25, 0.3) is 5.56 Å². The highest BCUT2D eigenvalue weighted by atomic mass is 16.5. The zero-order valence-corrected chi connectivity index (χ0v) is 14.2. The summed E-state index contributed by atoms with van der Waals surface area (Å²) in [6.45, 7) is 0.111. The first-order valence-electron chi connectivity index (χ1n) is 8.32. The molecule has 2 aromatic heterocycles. The number of amides is 1. The molecule has 2 heterocycles. The van der Waals surface area contributed by atoms with Crippen molar-refractivity contribution >= 4 is 16.7 Å². The van der Waals surface area contributed by atoms with Crippen LogP contribution >= 0.6 is 0 Å². The molecule has 0 spiro atoms. The van der Waals surface area contributed by atoms with Crippen molar-refractivity contribution in [1.82, 2.24) is 25.7 Å². The van der Waals surface area contributed by atoms with Crippen molar-refractivity contribution in [3.05, 3.63) is 76.5 Å². The lowest BCUT2D eigenvalue weighted by atomic mass is 10.1. The Morgan fingerprint density at radius 1 is 1.04 bits per heavy atom. The largest absolute Gasteiger partial charge is 0.347 e. The van der Waals surface area contributed by atoms with Crippen LogP contribution in [-0.4, -0.2) is 26.2 Å². The van der Waals surface area contributed by atoms with E-state index in [9.17, 15) is 9.59 Å². The molecular formula is C19H15N5O3. The minimum atomic E-state index is -0.283. The molecule has 0 aliphatic rings. The molecule has 0 radical (unpaired) electrons. The first-order chi connectivity index (χ1) is 13.2. The second-order valence-electron chi connectivity index (χ2n) is 5.88. The Balaban J connectivity index is 1.43. The highest BCUT2D eigenvalue weighted by molar-refractivity contribution is 5.88. The van der Waals surface area contributed by atoms with Gasteiger partial charge in [-0.25, -0.2) is 5.10 Å². The van der Waals surface area contributed by atoms with Crippen LogP contribution in [0.5, 0.6) is 0 Å². The van der Waals surface area contributed by atoms with Crippen molar-refractivity contribution < 1.29 is 9.32 Å². The molecule has 0 unspecified atom stereocenters. The van der Waals surface area contributed by atoms with E-state index in [2.05, 4.69) is 25.7 Å². The zero-order chi connectivity index (χ0) is 18.6. The molecule has 4 aromatic rings. The Labute approximate surface area is 153 Å². The van der Waals surface area contributed by atoms with Gasteiger partial charge in [-0.1, -0.05) is 53.7 Å². The number of rotatable bonds is 5. The summed E-state index contributed by atoms with van der Waals surface area (Å²) in [5, 5.41) is 14.2. The van der Waals surface area contributed by atoms with E-state index in [0.29, 0.717) is 28.2 Å². The summed E-state index contributed by atoms with van der Waals surface area (Å²) in [7, 11) is 0. The predicted octanol–water partition coefficient (Wildman–Crippen LogP) is 1.83. The fourth-order valence-electron chi connectivity index (χ4n) is 2.73. The molecule has 0 saturated carbocycles. The number of benzene rings is 2. The van der Waals surface area contributed by atoms with Crippen LogP contribution in [0.3, 0.4) is 0 Å². The maximum atomic E-state index is 12.3. The van der Waals surface area contributed by atoms with Gasteiger partial charge in [0.05, 0.1) is 24.0 Å². The number of H-pyrrole nitrogens is 1. The van der Waals surface area contributed by atoms with Gasteiger partial charge < -0.3 is 9.84 Å². The monoisotopic (exact) mass is 361 g/mol. The molecule has 0 saturated heterocycles. The fraction of sp³-hybridized carbons (Fsp3) is 0.105. The highest BCUT2D eigenvalue weighted by Gasteiger charge is 2.13. The number of carbonyl (C=O) groups excluding carboxylic acids is 1. The number of carbonyl (C=O) groups is 1. The SMILES string of the molecule is O=C(Cc1n[nH]c(=O)c2ccccc12)NCc1nc(-c2ccccc2)no1. The molecule has 1 amide bonds. The Kier molecular flexibility index (Phi) is 4.44. The number of nitrogens with one attached hydrogen (secondary N) is 2. The van der Waals surface area contributed by atoms with E-state index in [-0.39, 0.29) is 24.4 Å². The van der Waals surface area contributed by atoms with E-state index >= 15 is 0 Å². The summed E-state index contributed by atoms with van der Waals surface area (Å²) < 4.78 is 5.17. The summed E-state index contributed by atoms with van der Waals surface area (Å²) >= 11 is 0. The second kappa shape index (κ2) is 7.20. The van der Waals surface area contributed by atoms with Gasteiger partial charge >= 0.3 is 0 Å². The molecule has 27 heavy (non-hydrogen) atoms. The number of nitrogens with zero attached hydrogens (tertiary/aromatic N) is 3. The van der Waals surface area contributed by atoms with Crippen LogP contribution in [0, 0.1) is 0 Å². The van der Waals surface area contributed by atoms with E-state index in [1.807, 2.05) is 30.3 Å². The molecule has 0 aliphatic heterocycles. The number of fused-ring (bicyclic) bond motifs is 1. The van der Waals surface area contributed by atoms with E-state index < -0.39 is 0 Å². The van der Waals surface area contributed by atoms with Crippen molar-refractivity contribution in [2.75, 3.05) is 0 Å². The third kappa shape index (κ3) is 3.59. The number of aromatic amines is 1. The van der Waals surface area contributed by atoms with E-state index in [1.165, 1.54) is 0 Å². The summed E-state index contributed by atoms with van der Waals surface area (Å²) in [5.74, 6) is 0.508. The van der Waals surface area contributed by atoms with Crippen molar-refractivity contribution in [2.24, 2.45) is 0 Å². The third-order valence-electron chi connectivity index (χ3n) is 4.04. The van der Waals surface area contributed by atoms with Crippen LogP contribution in [0.25, 0.3) is 22.2 Å². The lowest BCUT2D eigenvalue weighted by Gasteiger charge is -2.05. The Bertz CT molecular complexity index is 1150. The van der Waals surface area contributed by atoms with Gasteiger partial charge in [0.1, 0.15) is 0 Å². The van der Waals surface area contributed by atoms with Gasteiger partial charge in [0.2, 0.25) is 17.6 Å². The van der Waals surface area contributed by atoms with Gasteiger partial charge in [0, 0.05) is 10.9 Å². The third-order valence-corrected chi connectivity index (χ3v) is 4.04. The smallest absolute Gasteiger partial charge is 0.272 e. The van der Waals surface area contributed by atoms with Crippen LogP contribution in [0.2, 0.25) is 0 Å². The number of aromatic nitrogens is 4. The average Bonchev–Trinajstić information content (AvgIpc) is 3.19. The van der Waals surface area contributed by atoms with Crippen LogP contribution < -0.4 is 10.9 Å². The molecule has 8 heteroatoms. The maximum Gasteiger partial charge on any atom is 0.272 e. The predicted molar refractivity (Wildman–Crippen MR) is 97.6 cm³/mol. The molecule has 2 N–H and O–H groups in total. The molecule has 0 bridgehead atoms. The number of hydrogen-bond acceptors (Lipinski definition) is 6. The lowest BCUT2D eigenvalue weighted by Crippen LogP contribution is -2.26. The summed E-state index contributed by atoms with van der Waals surface area (Å²) in [5.41, 5.74) is 1.05. The highest BCUT2D eigenvalue weighted by Crippen LogP contribution is 2.15. The molecule has 0 atom stereocenters. The van der Waals surface area contributed by atoms with E-state index in [1.54, 1.807) is 24.3 Å². The van der Waals surface area contributed by atoms with Crippen LogP contribution in [-0.2, 0) is 17.8 Å². The Morgan fingerprint density at radius 2 is 1.78 bits per heavy atom. The quantitative estimate of drug-likeness (QED) is 0.561. The molecule has 8 nitrogen and oxygen atoms in total. The van der Waals surface area contributed by atoms with Gasteiger partial charge in [0.15, 0.2) is 0 Å². The van der Waals surface area contributed by atoms with Crippen LogP contribution in [0.4, 0.5) is 0 Å². The van der Waals surface area contributed by atoms with E-state index in [0.717, 1.165) is 5.56 Å². The van der Waals surface area contributed by atoms with Crippen LogP contribution in [0.15, 0.2) is 63.9 Å². The normalized spacial score (nSPS) is 10.8. The first-order valence-corrected chi connectivity index (χ1v) is 8.32. The fourth-order valence-corrected chi connectivity index (χ4v) is 2.73. The molecule has 134 valence electrons. The molecule has 4 rings (SSSR count). The van der Waals surface area contributed by atoms with Gasteiger partial charge in [-0.15, -0.1) is 0 Å². The van der Waals surface area contributed by atoms with Gasteiger partial charge in [-0.05, 0) is 6.07 Å².